The van der Waals surface area contributed by atoms with Gasteiger partial charge >= 0.3 is 0 Å². The zero-order valence-electron chi connectivity index (χ0n) is 9.64. The lowest BCUT2D eigenvalue weighted by Crippen LogP contribution is -2.41. The van der Waals surface area contributed by atoms with E-state index in [1.54, 1.807) is 0 Å². The second-order valence-electron chi connectivity index (χ2n) is 5.48. The van der Waals surface area contributed by atoms with Crippen LogP contribution in [0.15, 0.2) is 0 Å². The molecule has 0 unspecified atom stereocenters. The van der Waals surface area contributed by atoms with Gasteiger partial charge in [0.2, 0.25) is 0 Å². The number of hydrogen-bond acceptors (Lipinski definition) is 1. The molecule has 0 saturated carbocycles. The maximum absolute atomic E-state index is 5.82. The first-order chi connectivity index (χ1) is 6.68. The average molecular weight is 193 g/mol. The molecule has 1 nitrogen and oxygen atoms in total. The number of rotatable bonds is 1. The van der Waals surface area contributed by atoms with Crippen LogP contribution in [0, 0.1) is 0 Å². The Kier molecular flexibility index (Phi) is 2.92. The molecular weight excluding hydrogens is 171 g/mol. The minimum absolute atomic E-state index is 0.127. The Morgan fingerprint density at radius 3 is 1.93 bits per heavy atom. The lowest BCUT2D eigenvalue weighted by molar-refractivity contribution is 0.0435. The average Bonchev–Trinajstić information content (AvgIpc) is 2.45. The first kappa shape index (κ1) is 10.5. The van der Waals surface area contributed by atoms with Crippen LogP contribution < -0.4 is 0 Å². The molecule has 0 aromatic rings. The van der Waals surface area contributed by atoms with E-state index in [2.05, 4.69) is 14.2 Å². The van der Waals surface area contributed by atoms with E-state index in [4.69, 9.17) is 4.74 Å². The highest BCUT2D eigenvalue weighted by Crippen LogP contribution is 2.48. The summed E-state index contributed by atoms with van der Waals surface area (Å²) in [4.78, 5) is 0. The van der Waals surface area contributed by atoms with Gasteiger partial charge < -0.3 is 4.74 Å². The quantitative estimate of drug-likeness (QED) is 0.580. The van der Waals surface area contributed by atoms with E-state index in [9.17, 15) is 0 Å². The zero-order valence-corrected chi connectivity index (χ0v) is 9.64. The molecule has 2 aliphatic rings. The van der Waals surface area contributed by atoms with Gasteiger partial charge in [-0.25, -0.2) is 0 Å². The van der Waals surface area contributed by atoms with Crippen molar-refractivity contribution in [2.75, 3.05) is 7.11 Å². The molecule has 0 atom stereocenters. The Hall–Kier alpha value is 0.0249. The molecule has 14 heavy (non-hydrogen) atoms. The van der Waals surface area contributed by atoms with Crippen LogP contribution in [0.1, 0.15) is 58.3 Å². The van der Waals surface area contributed by atoms with Crippen molar-refractivity contribution in [3.63, 3.8) is 0 Å². The second-order valence-corrected chi connectivity index (χ2v) is 5.48. The van der Waals surface area contributed by atoms with Crippen LogP contribution >= 0.6 is 0 Å². The molecule has 0 aromatic carbocycles. The molecule has 2 bridgehead atoms. The van der Waals surface area contributed by atoms with Crippen molar-refractivity contribution in [3.05, 3.63) is 0 Å². The van der Waals surface area contributed by atoms with E-state index in [1.807, 2.05) is 7.11 Å². The molecule has 1 radical (unpaired) electrons. The first-order valence-electron chi connectivity index (χ1n) is 6.10. The normalized spacial score (nSPS) is 43.6. The van der Waals surface area contributed by atoms with E-state index in [1.165, 1.54) is 51.4 Å². The fourth-order valence-electron chi connectivity index (χ4n) is 3.34. The number of hydrogen-bond donors (Lipinski definition) is 0. The van der Waals surface area contributed by atoms with Gasteiger partial charge in [0.05, 0.1) is 0 Å². The van der Waals surface area contributed by atoms with Crippen LogP contribution in [0.3, 0.4) is 0 Å². The topological polar surface area (TPSA) is 9.23 Å². The Balaban J connectivity index is 2.20. The Morgan fingerprint density at radius 1 is 0.929 bits per heavy atom. The van der Waals surface area contributed by atoms with Crippen molar-refractivity contribution in [2.45, 2.75) is 69.1 Å². The largest absolute Gasteiger partial charge is 0.387 e. The van der Waals surface area contributed by atoms with E-state index in [-0.39, 0.29) is 5.50 Å². The van der Waals surface area contributed by atoms with Crippen LogP contribution in [0.25, 0.3) is 0 Å². The van der Waals surface area contributed by atoms with Crippen molar-refractivity contribution in [1.82, 2.24) is 0 Å². The lowest BCUT2D eigenvalue weighted by Gasteiger charge is -2.35. The summed E-state index contributed by atoms with van der Waals surface area (Å²) in [5.74, 6) is 0. The maximum Gasteiger partial charge on any atom is 0.161 e. The number of ether oxygens (including phenoxy) is 1. The van der Waals surface area contributed by atoms with E-state index in [0.717, 1.165) is 0 Å². The molecule has 0 aromatic heterocycles. The van der Waals surface area contributed by atoms with E-state index < -0.39 is 0 Å². The van der Waals surface area contributed by atoms with Gasteiger partial charge in [0.15, 0.2) is 7.28 Å². The molecule has 2 fully saturated rings. The minimum atomic E-state index is 0.127. The summed E-state index contributed by atoms with van der Waals surface area (Å²) in [7, 11) is 4.45. The molecule has 2 aliphatic heterocycles. The fraction of sp³-hybridized carbons (Fsp3) is 1.00. The maximum atomic E-state index is 5.82. The Bertz CT molecular complexity index is 190. The fourth-order valence-corrected chi connectivity index (χ4v) is 3.34. The third kappa shape index (κ3) is 2.00. The highest BCUT2D eigenvalue weighted by atomic mass is 16.5. The van der Waals surface area contributed by atoms with Crippen LogP contribution in [-0.4, -0.2) is 19.9 Å². The van der Waals surface area contributed by atoms with Crippen molar-refractivity contribution < 1.29 is 4.74 Å². The predicted molar refractivity (Wildman–Crippen MR) is 60.8 cm³/mol. The Morgan fingerprint density at radius 2 is 1.43 bits per heavy atom. The molecule has 0 spiro atoms. The standard InChI is InChI=1S/C12H22BO/c1-11-7-3-5-9-12(13-11,14-2)10-6-4-8-11/h3-10H2,1-2H3. The summed E-state index contributed by atoms with van der Waals surface area (Å²) in [6, 6.07) is 0. The van der Waals surface area contributed by atoms with Crippen molar-refractivity contribution >= 4 is 7.28 Å². The predicted octanol–water partition coefficient (Wildman–Crippen LogP) is 3.36. The van der Waals surface area contributed by atoms with Crippen LogP contribution in [0.4, 0.5) is 0 Å². The van der Waals surface area contributed by atoms with Gasteiger partial charge in [0.25, 0.3) is 0 Å². The molecule has 0 N–H and O–H groups in total. The monoisotopic (exact) mass is 193 g/mol. The highest BCUT2D eigenvalue weighted by Gasteiger charge is 2.42. The Labute approximate surface area is 88.8 Å². The number of methoxy groups -OCH3 is 1. The summed E-state index contributed by atoms with van der Waals surface area (Å²) in [6.45, 7) is 2.43. The summed E-state index contributed by atoms with van der Waals surface area (Å²) < 4.78 is 5.82. The molecule has 0 amide bonds. The summed E-state index contributed by atoms with van der Waals surface area (Å²) in [5, 5.41) is 0.461. The van der Waals surface area contributed by atoms with Crippen molar-refractivity contribution in [3.8, 4) is 0 Å². The van der Waals surface area contributed by atoms with Gasteiger partial charge in [-0.2, -0.15) is 0 Å². The van der Waals surface area contributed by atoms with Gasteiger partial charge in [-0.3, -0.25) is 0 Å². The smallest absolute Gasteiger partial charge is 0.161 e. The lowest BCUT2D eigenvalue weighted by atomic mass is 9.42. The second kappa shape index (κ2) is 3.88. The van der Waals surface area contributed by atoms with E-state index >= 15 is 0 Å². The van der Waals surface area contributed by atoms with Gasteiger partial charge in [0, 0.05) is 12.6 Å². The molecule has 2 rings (SSSR count). The summed E-state index contributed by atoms with van der Waals surface area (Å²) in [5.41, 5.74) is 0.127. The summed E-state index contributed by atoms with van der Waals surface area (Å²) in [6.07, 6.45) is 10.7. The first-order valence-corrected chi connectivity index (χ1v) is 6.10. The van der Waals surface area contributed by atoms with Crippen LogP contribution in [0.5, 0.6) is 0 Å². The summed E-state index contributed by atoms with van der Waals surface area (Å²) >= 11 is 0. The molecule has 0 aliphatic carbocycles. The van der Waals surface area contributed by atoms with Gasteiger partial charge in [-0.1, -0.05) is 50.8 Å². The molecule has 2 saturated heterocycles. The third-order valence-electron chi connectivity index (χ3n) is 4.21. The van der Waals surface area contributed by atoms with Crippen LogP contribution in [0.2, 0.25) is 5.31 Å². The molecule has 2 heteroatoms. The van der Waals surface area contributed by atoms with Gasteiger partial charge in [-0.15, -0.1) is 0 Å². The SMILES string of the molecule is COC12[B]C(C)(CCCC1)CCCC2. The highest BCUT2D eigenvalue weighted by molar-refractivity contribution is 6.44. The van der Waals surface area contributed by atoms with Gasteiger partial charge in [-0.05, 0) is 12.8 Å². The van der Waals surface area contributed by atoms with Gasteiger partial charge in [0.1, 0.15) is 0 Å². The minimum Gasteiger partial charge on any atom is -0.387 e. The van der Waals surface area contributed by atoms with Crippen LogP contribution in [-0.2, 0) is 4.74 Å². The third-order valence-corrected chi connectivity index (χ3v) is 4.21. The van der Waals surface area contributed by atoms with E-state index in [0.29, 0.717) is 5.31 Å². The van der Waals surface area contributed by atoms with Crippen molar-refractivity contribution in [2.24, 2.45) is 0 Å². The zero-order chi connectivity index (χ0) is 10.1. The molecule has 79 valence electrons. The molecular formula is C12H22BO. The number of fused-ring (bicyclic) bond motifs is 2. The molecule has 2 heterocycles. The van der Waals surface area contributed by atoms with Crippen molar-refractivity contribution in [1.29, 1.82) is 0 Å².